The maximum absolute atomic E-state index is 11.7. The van der Waals surface area contributed by atoms with Gasteiger partial charge in [0, 0.05) is 33.2 Å². The van der Waals surface area contributed by atoms with Crippen LogP contribution in [0, 0.1) is 6.92 Å². The average molecular weight is 327 g/mol. The normalized spacial score (nSPS) is 10.5. The monoisotopic (exact) mass is 326 g/mol. The van der Waals surface area contributed by atoms with E-state index in [4.69, 9.17) is 11.6 Å². The number of amides is 1. The number of hydrogen-bond acceptors (Lipinski definition) is 4. The molecule has 106 valence electrons. The van der Waals surface area contributed by atoms with Crippen molar-refractivity contribution in [2.24, 2.45) is 0 Å². The summed E-state index contributed by atoms with van der Waals surface area (Å²) in [6.07, 6.45) is 2.31. The van der Waals surface area contributed by atoms with E-state index >= 15 is 0 Å². The van der Waals surface area contributed by atoms with Crippen LogP contribution in [0.1, 0.15) is 16.3 Å². The number of benzene rings is 1. The van der Waals surface area contributed by atoms with Gasteiger partial charge < -0.3 is 5.32 Å². The second kappa shape index (κ2) is 7.67. The molecule has 0 radical (unpaired) electrons. The lowest BCUT2D eigenvalue weighted by molar-refractivity contribution is -0.120. The van der Waals surface area contributed by atoms with Gasteiger partial charge in [-0.15, -0.1) is 23.1 Å². The highest BCUT2D eigenvalue weighted by Gasteiger charge is 2.04. The number of aryl methyl sites for hydroxylation is 1. The van der Waals surface area contributed by atoms with E-state index in [1.807, 2.05) is 37.4 Å². The van der Waals surface area contributed by atoms with Crippen molar-refractivity contribution in [3.05, 3.63) is 45.4 Å². The molecule has 0 fully saturated rings. The molecule has 0 aliphatic carbocycles. The Balaban J connectivity index is 1.66. The summed E-state index contributed by atoms with van der Waals surface area (Å²) in [7, 11) is 0. The Kier molecular flexibility index (Phi) is 5.88. The van der Waals surface area contributed by atoms with Crippen LogP contribution in [0.25, 0.3) is 0 Å². The molecule has 1 N–H and O–H groups in total. The molecule has 20 heavy (non-hydrogen) atoms. The first-order chi connectivity index (χ1) is 9.63. The van der Waals surface area contributed by atoms with Crippen LogP contribution in [-0.4, -0.2) is 16.6 Å². The molecule has 6 heteroatoms. The fourth-order valence-electron chi connectivity index (χ4n) is 1.55. The third-order valence-electron chi connectivity index (χ3n) is 2.54. The van der Waals surface area contributed by atoms with Crippen molar-refractivity contribution in [1.82, 2.24) is 10.3 Å². The lowest BCUT2D eigenvalue weighted by Gasteiger charge is -2.04. The zero-order chi connectivity index (χ0) is 14.4. The standard InChI is InChI=1S/C14H15ClN2OS2/c1-10-16-8-13(20-10)9-17-14(18)6-7-19-12-4-2-11(15)3-5-12/h2-5,8H,6-7,9H2,1H3,(H,17,18). The van der Waals surface area contributed by atoms with Crippen molar-refractivity contribution < 1.29 is 4.79 Å². The fourth-order valence-corrected chi connectivity index (χ4v) is 3.27. The summed E-state index contributed by atoms with van der Waals surface area (Å²) in [6.45, 7) is 2.52. The van der Waals surface area contributed by atoms with Crippen LogP contribution in [0.2, 0.25) is 5.02 Å². The van der Waals surface area contributed by atoms with Crippen molar-refractivity contribution in [1.29, 1.82) is 0 Å². The van der Waals surface area contributed by atoms with Gasteiger partial charge in [-0.1, -0.05) is 11.6 Å². The van der Waals surface area contributed by atoms with Gasteiger partial charge in [0.25, 0.3) is 0 Å². The topological polar surface area (TPSA) is 42.0 Å². The number of aromatic nitrogens is 1. The van der Waals surface area contributed by atoms with Gasteiger partial charge in [-0.3, -0.25) is 4.79 Å². The van der Waals surface area contributed by atoms with E-state index in [9.17, 15) is 4.79 Å². The first-order valence-corrected chi connectivity index (χ1v) is 8.38. The summed E-state index contributed by atoms with van der Waals surface area (Å²) in [5, 5.41) is 4.65. The highest BCUT2D eigenvalue weighted by molar-refractivity contribution is 7.99. The molecule has 0 aliphatic heterocycles. The lowest BCUT2D eigenvalue weighted by atomic mass is 10.4. The Morgan fingerprint density at radius 2 is 2.15 bits per heavy atom. The van der Waals surface area contributed by atoms with Gasteiger partial charge in [-0.2, -0.15) is 0 Å². The molecular formula is C14H15ClN2OS2. The summed E-state index contributed by atoms with van der Waals surface area (Å²) >= 11 is 9.08. The van der Waals surface area contributed by atoms with Crippen LogP contribution in [0.15, 0.2) is 35.4 Å². The van der Waals surface area contributed by atoms with E-state index in [1.165, 1.54) is 0 Å². The summed E-state index contributed by atoms with van der Waals surface area (Å²) in [4.78, 5) is 18.1. The average Bonchev–Trinajstić information content (AvgIpc) is 2.85. The zero-order valence-corrected chi connectivity index (χ0v) is 13.4. The van der Waals surface area contributed by atoms with Crippen LogP contribution in [0.3, 0.4) is 0 Å². The number of thioether (sulfide) groups is 1. The summed E-state index contributed by atoms with van der Waals surface area (Å²) < 4.78 is 0. The second-order valence-corrected chi connectivity index (χ2v) is 7.10. The number of hydrogen-bond donors (Lipinski definition) is 1. The van der Waals surface area contributed by atoms with Crippen molar-refractivity contribution in [2.45, 2.75) is 24.8 Å². The Bertz CT molecular complexity index is 569. The molecule has 2 aromatic rings. The molecule has 0 saturated heterocycles. The third kappa shape index (κ3) is 5.15. The zero-order valence-electron chi connectivity index (χ0n) is 11.1. The van der Waals surface area contributed by atoms with E-state index in [1.54, 1.807) is 23.1 Å². The molecule has 0 spiro atoms. The number of halogens is 1. The Morgan fingerprint density at radius 1 is 1.40 bits per heavy atom. The second-order valence-electron chi connectivity index (χ2n) is 4.17. The number of carbonyl (C=O) groups excluding carboxylic acids is 1. The molecule has 0 atom stereocenters. The molecule has 3 nitrogen and oxygen atoms in total. The van der Waals surface area contributed by atoms with Gasteiger partial charge in [0.2, 0.25) is 5.91 Å². The largest absolute Gasteiger partial charge is 0.351 e. The van der Waals surface area contributed by atoms with Crippen LogP contribution in [0.5, 0.6) is 0 Å². The third-order valence-corrected chi connectivity index (χ3v) is 4.72. The number of nitrogens with zero attached hydrogens (tertiary/aromatic N) is 1. The van der Waals surface area contributed by atoms with Gasteiger partial charge in [-0.05, 0) is 31.2 Å². The van der Waals surface area contributed by atoms with Gasteiger partial charge >= 0.3 is 0 Å². The number of rotatable bonds is 6. The number of carbonyl (C=O) groups is 1. The van der Waals surface area contributed by atoms with E-state index < -0.39 is 0 Å². The highest BCUT2D eigenvalue weighted by atomic mass is 35.5. The van der Waals surface area contributed by atoms with E-state index in [-0.39, 0.29) is 5.91 Å². The summed E-state index contributed by atoms with van der Waals surface area (Å²) in [6, 6.07) is 7.64. The van der Waals surface area contributed by atoms with Crippen molar-refractivity contribution in [3.63, 3.8) is 0 Å². The van der Waals surface area contributed by atoms with E-state index in [2.05, 4.69) is 10.3 Å². The predicted molar refractivity (Wildman–Crippen MR) is 85.5 cm³/mol. The molecule has 1 heterocycles. The van der Waals surface area contributed by atoms with Gasteiger partial charge in [0.1, 0.15) is 0 Å². The Hall–Kier alpha value is -1.04. The fraction of sp³-hybridized carbons (Fsp3) is 0.286. The quantitative estimate of drug-likeness (QED) is 0.818. The predicted octanol–water partition coefficient (Wildman–Crippen LogP) is 3.90. The van der Waals surface area contributed by atoms with Crippen molar-refractivity contribution in [2.75, 3.05) is 5.75 Å². The smallest absolute Gasteiger partial charge is 0.221 e. The molecule has 1 aromatic carbocycles. The maximum atomic E-state index is 11.7. The Labute approximate surface area is 131 Å². The first kappa shape index (κ1) is 15.4. The maximum Gasteiger partial charge on any atom is 0.221 e. The van der Waals surface area contributed by atoms with Crippen molar-refractivity contribution in [3.8, 4) is 0 Å². The van der Waals surface area contributed by atoms with E-state index in [0.717, 1.165) is 25.6 Å². The summed E-state index contributed by atoms with van der Waals surface area (Å²) in [5.74, 6) is 0.826. The van der Waals surface area contributed by atoms with Crippen LogP contribution >= 0.6 is 34.7 Å². The molecule has 1 aromatic heterocycles. The highest BCUT2D eigenvalue weighted by Crippen LogP contribution is 2.20. The summed E-state index contributed by atoms with van der Waals surface area (Å²) in [5.41, 5.74) is 0. The minimum atomic E-state index is 0.0671. The SMILES string of the molecule is Cc1ncc(CNC(=O)CCSc2ccc(Cl)cc2)s1. The minimum Gasteiger partial charge on any atom is -0.351 e. The molecule has 0 aliphatic rings. The van der Waals surface area contributed by atoms with Crippen LogP contribution in [0.4, 0.5) is 0 Å². The number of thiazole rings is 1. The van der Waals surface area contributed by atoms with Crippen LogP contribution < -0.4 is 5.32 Å². The number of nitrogens with one attached hydrogen (secondary N) is 1. The molecular weight excluding hydrogens is 312 g/mol. The molecule has 0 saturated carbocycles. The minimum absolute atomic E-state index is 0.0671. The molecule has 1 amide bonds. The first-order valence-electron chi connectivity index (χ1n) is 6.20. The van der Waals surface area contributed by atoms with Crippen LogP contribution in [-0.2, 0) is 11.3 Å². The van der Waals surface area contributed by atoms with E-state index in [0.29, 0.717) is 13.0 Å². The molecule has 2 rings (SSSR count). The van der Waals surface area contributed by atoms with Gasteiger partial charge in [0.15, 0.2) is 0 Å². The van der Waals surface area contributed by atoms with Crippen molar-refractivity contribution >= 4 is 40.6 Å². The molecule has 0 unspecified atom stereocenters. The molecule has 0 bridgehead atoms. The lowest BCUT2D eigenvalue weighted by Crippen LogP contribution is -2.22. The van der Waals surface area contributed by atoms with Gasteiger partial charge in [0.05, 0.1) is 11.6 Å². The Morgan fingerprint density at radius 3 is 2.80 bits per heavy atom. The van der Waals surface area contributed by atoms with Gasteiger partial charge in [-0.25, -0.2) is 4.98 Å².